The first-order valence-electron chi connectivity index (χ1n) is 5.74. The minimum atomic E-state index is -0.146. The van der Waals surface area contributed by atoms with E-state index in [1.807, 2.05) is 0 Å². The van der Waals surface area contributed by atoms with Crippen LogP contribution in [0.5, 0.6) is 0 Å². The molecule has 0 saturated carbocycles. The second kappa shape index (κ2) is 11.6. The number of ether oxygens (including phenoxy) is 1. The van der Waals surface area contributed by atoms with Crippen molar-refractivity contribution in [1.29, 1.82) is 0 Å². The number of thioether (sulfide) groups is 1. The molecular weight excluding hydrogens is 238 g/mol. The molecule has 0 aromatic rings. The Balaban J connectivity index is 3.47. The first-order chi connectivity index (χ1) is 8.24. The van der Waals surface area contributed by atoms with Crippen LogP contribution in [-0.4, -0.2) is 51.2 Å². The second-order valence-corrected chi connectivity index (χ2v) is 4.44. The summed E-state index contributed by atoms with van der Waals surface area (Å²) < 4.78 is 4.57. The number of hydrogen-bond acceptors (Lipinski definition) is 4. The number of carbonyl (C=O) groups excluding carboxylic acids is 1. The minimum absolute atomic E-state index is 0.146. The lowest BCUT2D eigenvalue weighted by Crippen LogP contribution is -2.38. The van der Waals surface area contributed by atoms with Crippen molar-refractivity contribution in [2.75, 3.05) is 39.3 Å². The summed E-state index contributed by atoms with van der Waals surface area (Å²) in [6.07, 6.45) is 4.32. The third-order valence-corrected chi connectivity index (χ3v) is 2.76. The predicted molar refractivity (Wildman–Crippen MR) is 73.6 cm³/mol. The van der Waals surface area contributed by atoms with Crippen molar-refractivity contribution in [1.82, 2.24) is 10.6 Å². The summed E-state index contributed by atoms with van der Waals surface area (Å²) in [5.41, 5.74) is 0. The first kappa shape index (κ1) is 16.1. The van der Waals surface area contributed by atoms with Gasteiger partial charge in [0.25, 0.3) is 0 Å². The van der Waals surface area contributed by atoms with Crippen LogP contribution in [0.2, 0.25) is 0 Å². The highest BCUT2D eigenvalue weighted by molar-refractivity contribution is 7.98. The SMILES string of the molecule is CN=C(NCCCCC(=O)OC)NCCSC. The number of guanidine groups is 1. The highest BCUT2D eigenvalue weighted by Crippen LogP contribution is 1.95. The number of aliphatic imine (C=N–C) groups is 1. The molecule has 0 bridgehead atoms. The van der Waals surface area contributed by atoms with Gasteiger partial charge in [0.15, 0.2) is 5.96 Å². The van der Waals surface area contributed by atoms with Crippen LogP contribution in [0.4, 0.5) is 0 Å². The molecule has 0 heterocycles. The molecule has 6 heteroatoms. The van der Waals surface area contributed by atoms with Crippen molar-refractivity contribution in [2.45, 2.75) is 19.3 Å². The van der Waals surface area contributed by atoms with Crippen LogP contribution in [0.3, 0.4) is 0 Å². The van der Waals surface area contributed by atoms with Gasteiger partial charge in [-0.3, -0.25) is 9.79 Å². The lowest BCUT2D eigenvalue weighted by atomic mass is 10.2. The zero-order valence-corrected chi connectivity index (χ0v) is 11.7. The van der Waals surface area contributed by atoms with Crippen molar-refractivity contribution in [3.63, 3.8) is 0 Å². The maximum absolute atomic E-state index is 10.9. The van der Waals surface area contributed by atoms with Crippen LogP contribution < -0.4 is 10.6 Å². The van der Waals surface area contributed by atoms with Crippen LogP contribution in [-0.2, 0) is 9.53 Å². The average molecular weight is 261 g/mol. The Morgan fingerprint density at radius 1 is 1.29 bits per heavy atom. The zero-order valence-electron chi connectivity index (χ0n) is 10.9. The summed E-state index contributed by atoms with van der Waals surface area (Å²) in [7, 11) is 3.17. The van der Waals surface area contributed by atoms with Gasteiger partial charge in [-0.1, -0.05) is 0 Å². The molecule has 0 amide bonds. The predicted octanol–water partition coefficient (Wildman–Crippen LogP) is 0.858. The van der Waals surface area contributed by atoms with E-state index in [0.29, 0.717) is 6.42 Å². The molecule has 0 spiro atoms. The van der Waals surface area contributed by atoms with Crippen molar-refractivity contribution in [3.05, 3.63) is 0 Å². The molecule has 0 saturated heterocycles. The van der Waals surface area contributed by atoms with Crippen LogP contribution in [0.15, 0.2) is 4.99 Å². The Morgan fingerprint density at radius 3 is 2.59 bits per heavy atom. The largest absolute Gasteiger partial charge is 0.469 e. The van der Waals surface area contributed by atoms with E-state index >= 15 is 0 Å². The van der Waals surface area contributed by atoms with Crippen molar-refractivity contribution in [3.8, 4) is 0 Å². The number of nitrogens with zero attached hydrogens (tertiary/aromatic N) is 1. The Bertz CT molecular complexity index is 235. The van der Waals surface area contributed by atoms with Crippen LogP contribution in [0.25, 0.3) is 0 Å². The van der Waals surface area contributed by atoms with E-state index in [0.717, 1.165) is 37.6 Å². The summed E-state index contributed by atoms with van der Waals surface area (Å²) in [6, 6.07) is 0. The van der Waals surface area contributed by atoms with Gasteiger partial charge in [-0.15, -0.1) is 0 Å². The molecule has 0 atom stereocenters. The number of nitrogens with one attached hydrogen (secondary N) is 2. The monoisotopic (exact) mass is 261 g/mol. The van der Waals surface area contributed by atoms with E-state index in [2.05, 4.69) is 26.6 Å². The maximum atomic E-state index is 10.9. The van der Waals surface area contributed by atoms with Gasteiger partial charge in [-0.2, -0.15) is 11.8 Å². The van der Waals surface area contributed by atoms with Gasteiger partial charge < -0.3 is 15.4 Å². The fraction of sp³-hybridized carbons (Fsp3) is 0.818. The van der Waals surface area contributed by atoms with Gasteiger partial charge in [-0.25, -0.2) is 0 Å². The number of carbonyl (C=O) groups is 1. The summed E-state index contributed by atoms with van der Waals surface area (Å²) >= 11 is 1.80. The molecule has 0 aliphatic carbocycles. The molecule has 0 unspecified atom stereocenters. The topological polar surface area (TPSA) is 62.7 Å². The number of esters is 1. The highest BCUT2D eigenvalue weighted by Gasteiger charge is 2.00. The summed E-state index contributed by atoms with van der Waals surface area (Å²) in [5, 5.41) is 6.41. The third-order valence-electron chi connectivity index (χ3n) is 2.15. The van der Waals surface area contributed by atoms with E-state index in [1.54, 1.807) is 18.8 Å². The van der Waals surface area contributed by atoms with E-state index in [9.17, 15) is 4.79 Å². The normalized spacial score (nSPS) is 11.1. The summed E-state index contributed by atoms with van der Waals surface area (Å²) in [6.45, 7) is 1.72. The lowest BCUT2D eigenvalue weighted by molar-refractivity contribution is -0.140. The maximum Gasteiger partial charge on any atom is 0.305 e. The Hall–Kier alpha value is -0.910. The third kappa shape index (κ3) is 9.99. The first-order valence-corrected chi connectivity index (χ1v) is 7.14. The van der Waals surface area contributed by atoms with Gasteiger partial charge in [0.2, 0.25) is 0 Å². The van der Waals surface area contributed by atoms with E-state index in [1.165, 1.54) is 7.11 Å². The molecule has 100 valence electrons. The van der Waals surface area contributed by atoms with Crippen molar-refractivity contribution < 1.29 is 9.53 Å². The van der Waals surface area contributed by atoms with Gasteiger partial charge in [0.1, 0.15) is 0 Å². The molecule has 17 heavy (non-hydrogen) atoms. The smallest absolute Gasteiger partial charge is 0.305 e. The van der Waals surface area contributed by atoms with Crippen LogP contribution in [0, 0.1) is 0 Å². The van der Waals surface area contributed by atoms with E-state index in [4.69, 9.17) is 0 Å². The average Bonchev–Trinajstić information content (AvgIpc) is 2.36. The lowest BCUT2D eigenvalue weighted by Gasteiger charge is -2.10. The van der Waals surface area contributed by atoms with Gasteiger partial charge in [0.05, 0.1) is 7.11 Å². The fourth-order valence-corrected chi connectivity index (χ4v) is 1.50. The van der Waals surface area contributed by atoms with Crippen molar-refractivity contribution in [2.24, 2.45) is 4.99 Å². The molecule has 0 radical (unpaired) electrons. The van der Waals surface area contributed by atoms with Crippen molar-refractivity contribution >= 4 is 23.7 Å². The fourth-order valence-electron chi connectivity index (χ4n) is 1.20. The molecule has 5 nitrogen and oxygen atoms in total. The van der Waals surface area contributed by atoms with Gasteiger partial charge in [-0.05, 0) is 19.1 Å². The molecule has 0 aliphatic heterocycles. The minimum Gasteiger partial charge on any atom is -0.469 e. The molecule has 0 fully saturated rings. The van der Waals surface area contributed by atoms with Gasteiger partial charge >= 0.3 is 5.97 Å². The molecular formula is C11H23N3O2S. The van der Waals surface area contributed by atoms with E-state index < -0.39 is 0 Å². The van der Waals surface area contributed by atoms with Crippen LogP contribution >= 0.6 is 11.8 Å². The highest BCUT2D eigenvalue weighted by atomic mass is 32.2. The second-order valence-electron chi connectivity index (χ2n) is 3.45. The number of rotatable bonds is 8. The molecule has 2 N–H and O–H groups in total. The molecule has 0 aromatic heterocycles. The Morgan fingerprint density at radius 2 is 2.00 bits per heavy atom. The zero-order chi connectivity index (χ0) is 12.9. The number of hydrogen-bond donors (Lipinski definition) is 2. The van der Waals surface area contributed by atoms with Crippen LogP contribution in [0.1, 0.15) is 19.3 Å². The summed E-state index contributed by atoms with van der Waals surface area (Å²) in [5.74, 6) is 1.73. The molecule has 0 rings (SSSR count). The van der Waals surface area contributed by atoms with Gasteiger partial charge in [0, 0.05) is 32.3 Å². The number of methoxy groups -OCH3 is 1. The quantitative estimate of drug-likeness (QED) is 0.294. The Kier molecular flexibility index (Phi) is 11.0. The number of unbranched alkanes of at least 4 members (excludes halogenated alkanes) is 1. The molecule has 0 aliphatic rings. The standard InChI is InChI=1S/C11H23N3O2S/c1-12-11(14-8-9-17-3)13-7-5-4-6-10(15)16-2/h4-9H2,1-3H3,(H2,12,13,14). The van der Waals surface area contributed by atoms with E-state index in [-0.39, 0.29) is 5.97 Å². The molecule has 0 aromatic carbocycles. The summed E-state index contributed by atoms with van der Waals surface area (Å²) in [4.78, 5) is 15.0. The Labute approximate surface area is 108 Å².